The minimum Gasteiger partial charge on any atom is -0.444 e. The van der Waals surface area contributed by atoms with Crippen molar-refractivity contribution in [3.8, 4) is 0 Å². The predicted octanol–water partition coefficient (Wildman–Crippen LogP) is 1.90. The minimum atomic E-state index is -0.947. The van der Waals surface area contributed by atoms with Crippen molar-refractivity contribution < 1.29 is 33.6 Å². The van der Waals surface area contributed by atoms with E-state index in [0.29, 0.717) is 18.0 Å². The number of hydrogen-bond donors (Lipinski definition) is 0. The predicted molar refractivity (Wildman–Crippen MR) is 101 cm³/mol. The van der Waals surface area contributed by atoms with Crippen LogP contribution in [0.2, 0.25) is 0 Å². The van der Waals surface area contributed by atoms with Gasteiger partial charge in [-0.15, -0.1) is 0 Å². The highest BCUT2D eigenvalue weighted by molar-refractivity contribution is 6.37. The van der Waals surface area contributed by atoms with Gasteiger partial charge in [-0.2, -0.15) is 0 Å². The van der Waals surface area contributed by atoms with Crippen molar-refractivity contribution >= 4 is 29.6 Å². The highest BCUT2D eigenvalue weighted by Gasteiger charge is 2.50. The van der Waals surface area contributed by atoms with Gasteiger partial charge in [-0.05, 0) is 32.9 Å². The Morgan fingerprint density at radius 3 is 2.37 bits per heavy atom. The first kappa shape index (κ1) is 19.9. The number of likely N-dealkylation sites (tertiary alicyclic amines) is 1. The number of amides is 3. The molecule has 1 atom stereocenters. The Hall–Kier alpha value is -3.43. The molecular formula is C20H21N3O7. The first-order valence-corrected chi connectivity index (χ1v) is 9.52. The number of hydroxylamine groups is 2. The number of ether oxygens (including phenoxy) is 1. The van der Waals surface area contributed by atoms with Crippen molar-refractivity contribution in [1.82, 2.24) is 9.96 Å². The fourth-order valence-electron chi connectivity index (χ4n) is 3.56. The first-order valence-electron chi connectivity index (χ1n) is 9.52. The molecule has 3 aliphatic heterocycles. The highest BCUT2D eigenvalue weighted by Crippen LogP contribution is 2.35. The van der Waals surface area contributed by atoms with Gasteiger partial charge < -0.3 is 19.3 Å². The molecule has 3 heterocycles. The quantitative estimate of drug-likeness (QED) is 0.678. The van der Waals surface area contributed by atoms with Gasteiger partial charge in [0.15, 0.2) is 11.3 Å². The standard InChI is InChI=1S/C20H21N3O7/c1-19(2,3)28-18(27)22-9-8-20(11-22)10-14(21-30-20)17(26)29-23-15(24)12-6-4-5-7-13(12)16(23)25/h4-7H,8-11H2,1-3H3. The molecule has 10 nitrogen and oxygen atoms in total. The molecule has 4 rings (SSSR count). The van der Waals surface area contributed by atoms with E-state index in [4.69, 9.17) is 14.4 Å². The zero-order chi connectivity index (χ0) is 21.7. The lowest BCUT2D eigenvalue weighted by molar-refractivity contribution is -0.159. The molecule has 30 heavy (non-hydrogen) atoms. The largest absolute Gasteiger partial charge is 0.444 e. The van der Waals surface area contributed by atoms with E-state index in [1.165, 1.54) is 17.0 Å². The van der Waals surface area contributed by atoms with Crippen LogP contribution in [0.15, 0.2) is 29.4 Å². The van der Waals surface area contributed by atoms with Crippen molar-refractivity contribution in [2.75, 3.05) is 13.1 Å². The van der Waals surface area contributed by atoms with E-state index in [1.807, 2.05) is 0 Å². The van der Waals surface area contributed by atoms with Gasteiger partial charge in [-0.3, -0.25) is 9.59 Å². The topological polar surface area (TPSA) is 115 Å². The smallest absolute Gasteiger partial charge is 0.410 e. The summed E-state index contributed by atoms with van der Waals surface area (Å²) in [5.74, 6) is -2.37. The van der Waals surface area contributed by atoms with Crippen LogP contribution in [0.1, 0.15) is 54.3 Å². The summed E-state index contributed by atoms with van der Waals surface area (Å²) in [5.41, 5.74) is -1.20. The van der Waals surface area contributed by atoms with Gasteiger partial charge in [-0.25, -0.2) is 9.59 Å². The summed E-state index contributed by atoms with van der Waals surface area (Å²) in [7, 11) is 0. The van der Waals surface area contributed by atoms with Crippen molar-refractivity contribution in [3.05, 3.63) is 35.4 Å². The second kappa shape index (κ2) is 6.82. The van der Waals surface area contributed by atoms with E-state index in [-0.39, 0.29) is 29.8 Å². The van der Waals surface area contributed by atoms with Crippen LogP contribution in [0.3, 0.4) is 0 Å². The third kappa shape index (κ3) is 3.49. The maximum absolute atomic E-state index is 12.5. The van der Waals surface area contributed by atoms with Crippen LogP contribution in [0, 0.1) is 0 Å². The van der Waals surface area contributed by atoms with E-state index in [0.717, 1.165) is 0 Å². The average Bonchev–Trinajstić information content (AvgIpc) is 3.36. The molecule has 1 spiro atoms. The third-order valence-electron chi connectivity index (χ3n) is 4.97. The molecule has 1 saturated heterocycles. The number of imide groups is 1. The molecule has 1 aromatic rings. The Kier molecular flexibility index (Phi) is 4.52. The summed E-state index contributed by atoms with van der Waals surface area (Å²) in [6.07, 6.45) is 0.0819. The summed E-state index contributed by atoms with van der Waals surface area (Å²) in [6, 6.07) is 6.20. The lowest BCUT2D eigenvalue weighted by Crippen LogP contribution is -2.40. The van der Waals surface area contributed by atoms with Crippen molar-refractivity contribution in [2.45, 2.75) is 44.8 Å². The van der Waals surface area contributed by atoms with Gasteiger partial charge in [0.25, 0.3) is 11.8 Å². The zero-order valence-corrected chi connectivity index (χ0v) is 16.8. The van der Waals surface area contributed by atoms with E-state index in [9.17, 15) is 19.2 Å². The van der Waals surface area contributed by atoms with Crippen LogP contribution in [-0.4, -0.2) is 63.8 Å². The Labute approximate surface area is 172 Å². The number of fused-ring (bicyclic) bond motifs is 1. The molecule has 0 saturated carbocycles. The molecule has 158 valence electrons. The van der Waals surface area contributed by atoms with Crippen molar-refractivity contribution in [1.29, 1.82) is 0 Å². The molecule has 0 bridgehead atoms. The van der Waals surface area contributed by atoms with E-state index in [2.05, 4.69) is 5.16 Å². The SMILES string of the molecule is CC(C)(C)OC(=O)N1CCC2(CC(C(=O)ON3C(=O)c4ccccc4C3=O)=NO2)C1. The van der Waals surface area contributed by atoms with Gasteiger partial charge in [0.05, 0.1) is 17.7 Å². The molecule has 0 N–H and O–H groups in total. The number of carbonyl (C=O) groups excluding carboxylic acids is 4. The van der Waals surface area contributed by atoms with Crippen molar-refractivity contribution in [3.63, 3.8) is 0 Å². The molecule has 0 radical (unpaired) electrons. The lowest BCUT2D eigenvalue weighted by atomic mass is 9.97. The molecule has 10 heteroatoms. The average molecular weight is 415 g/mol. The summed E-state index contributed by atoms with van der Waals surface area (Å²) < 4.78 is 5.36. The second-order valence-corrected chi connectivity index (χ2v) is 8.47. The molecule has 3 amide bonds. The fourth-order valence-corrected chi connectivity index (χ4v) is 3.56. The maximum atomic E-state index is 12.5. The summed E-state index contributed by atoms with van der Waals surface area (Å²) in [6.45, 7) is 5.93. The fraction of sp³-hybridized carbons (Fsp3) is 0.450. The number of rotatable bonds is 2. The van der Waals surface area contributed by atoms with Crippen LogP contribution >= 0.6 is 0 Å². The lowest BCUT2D eigenvalue weighted by Gasteiger charge is -2.25. The van der Waals surface area contributed by atoms with E-state index in [1.54, 1.807) is 32.9 Å². The molecule has 1 unspecified atom stereocenters. The van der Waals surface area contributed by atoms with Gasteiger partial charge in [0.1, 0.15) is 5.60 Å². The maximum Gasteiger partial charge on any atom is 0.410 e. The van der Waals surface area contributed by atoms with Crippen LogP contribution in [0.5, 0.6) is 0 Å². The van der Waals surface area contributed by atoms with Gasteiger partial charge in [-0.1, -0.05) is 22.4 Å². The third-order valence-corrected chi connectivity index (χ3v) is 4.97. The molecule has 0 aliphatic carbocycles. The van der Waals surface area contributed by atoms with Crippen molar-refractivity contribution in [2.24, 2.45) is 5.16 Å². The molecule has 1 fully saturated rings. The molecular weight excluding hydrogens is 394 g/mol. The summed E-state index contributed by atoms with van der Waals surface area (Å²) in [5, 5.41) is 4.23. The number of carbonyl (C=O) groups is 4. The Bertz CT molecular complexity index is 946. The van der Waals surface area contributed by atoms with Gasteiger partial charge >= 0.3 is 12.1 Å². The second-order valence-electron chi connectivity index (χ2n) is 8.47. The highest BCUT2D eigenvalue weighted by atomic mass is 16.7. The number of nitrogens with zero attached hydrogens (tertiary/aromatic N) is 3. The van der Waals surface area contributed by atoms with Crippen LogP contribution < -0.4 is 0 Å². The normalized spacial score (nSPS) is 22.8. The number of hydrogen-bond acceptors (Lipinski definition) is 8. The van der Waals surface area contributed by atoms with Crippen LogP contribution in [0.4, 0.5) is 4.79 Å². The van der Waals surface area contributed by atoms with Gasteiger partial charge in [0, 0.05) is 19.4 Å². The number of oxime groups is 1. The van der Waals surface area contributed by atoms with Crippen LogP contribution in [0.25, 0.3) is 0 Å². The molecule has 1 aromatic carbocycles. The Morgan fingerprint density at radius 1 is 1.13 bits per heavy atom. The minimum absolute atomic E-state index is 0.0578. The summed E-state index contributed by atoms with van der Waals surface area (Å²) >= 11 is 0. The van der Waals surface area contributed by atoms with E-state index < -0.39 is 35.1 Å². The monoisotopic (exact) mass is 415 g/mol. The van der Waals surface area contributed by atoms with E-state index >= 15 is 0 Å². The molecule has 0 aromatic heterocycles. The zero-order valence-electron chi connectivity index (χ0n) is 16.8. The Morgan fingerprint density at radius 2 is 1.77 bits per heavy atom. The molecule has 3 aliphatic rings. The number of benzene rings is 1. The first-order chi connectivity index (χ1) is 14.1. The summed E-state index contributed by atoms with van der Waals surface area (Å²) in [4.78, 5) is 61.4. The Balaban J connectivity index is 1.37. The van der Waals surface area contributed by atoms with Gasteiger partial charge in [0.2, 0.25) is 0 Å². The van der Waals surface area contributed by atoms with Crippen LogP contribution in [-0.2, 0) is 19.2 Å².